The van der Waals surface area contributed by atoms with Crippen LogP contribution in [0.5, 0.6) is 0 Å². The zero-order chi connectivity index (χ0) is 14.7. The Morgan fingerprint density at radius 3 is 3.19 bits per heavy atom. The van der Waals surface area contributed by atoms with E-state index in [2.05, 4.69) is 34.0 Å². The molecule has 0 amide bonds. The molecule has 5 heteroatoms. The summed E-state index contributed by atoms with van der Waals surface area (Å²) in [6.45, 7) is 8.32. The van der Waals surface area contributed by atoms with Crippen LogP contribution in [-0.2, 0) is 24.4 Å². The lowest BCUT2D eigenvalue weighted by atomic mass is 9.94. The Morgan fingerprint density at radius 2 is 2.33 bits per heavy atom. The fraction of sp³-hybridized carbons (Fsp3) is 0.812. The van der Waals surface area contributed by atoms with Gasteiger partial charge in [-0.25, -0.2) is 0 Å². The predicted molar refractivity (Wildman–Crippen MR) is 83.0 cm³/mol. The average molecular weight is 292 g/mol. The van der Waals surface area contributed by atoms with E-state index in [4.69, 9.17) is 4.74 Å². The monoisotopic (exact) mass is 292 g/mol. The molecule has 0 radical (unpaired) electrons. The van der Waals surface area contributed by atoms with Crippen molar-refractivity contribution < 1.29 is 4.74 Å². The van der Waals surface area contributed by atoms with Crippen molar-refractivity contribution in [3.63, 3.8) is 0 Å². The Bertz CT molecular complexity index is 459. The van der Waals surface area contributed by atoms with Crippen LogP contribution in [0, 0.1) is 5.92 Å². The molecule has 2 aliphatic rings. The zero-order valence-electron chi connectivity index (χ0n) is 13.3. The molecule has 3 rings (SSSR count). The van der Waals surface area contributed by atoms with Crippen LogP contribution in [0.2, 0.25) is 0 Å². The highest BCUT2D eigenvalue weighted by Gasteiger charge is 2.21. The van der Waals surface area contributed by atoms with Gasteiger partial charge in [-0.2, -0.15) is 5.10 Å². The molecule has 21 heavy (non-hydrogen) atoms. The van der Waals surface area contributed by atoms with Crippen molar-refractivity contribution in [2.45, 2.75) is 51.9 Å². The van der Waals surface area contributed by atoms with Crippen LogP contribution in [0.4, 0.5) is 0 Å². The molecule has 2 aliphatic heterocycles. The smallest absolute Gasteiger partial charge is 0.0575 e. The Hall–Kier alpha value is -0.910. The number of ether oxygens (including phenoxy) is 1. The molecular weight excluding hydrogens is 264 g/mol. The van der Waals surface area contributed by atoms with Crippen molar-refractivity contribution in [1.29, 1.82) is 0 Å². The highest BCUT2D eigenvalue weighted by molar-refractivity contribution is 5.18. The van der Waals surface area contributed by atoms with E-state index >= 15 is 0 Å². The first kappa shape index (κ1) is 15.0. The molecule has 2 atom stereocenters. The van der Waals surface area contributed by atoms with Crippen molar-refractivity contribution in [3.8, 4) is 0 Å². The second-order valence-electron chi connectivity index (χ2n) is 6.50. The molecule has 0 saturated carbocycles. The number of nitrogens with zero attached hydrogens (tertiary/aromatic N) is 3. The van der Waals surface area contributed by atoms with Gasteiger partial charge in [-0.1, -0.05) is 6.92 Å². The van der Waals surface area contributed by atoms with Gasteiger partial charge in [0, 0.05) is 31.8 Å². The van der Waals surface area contributed by atoms with Crippen LogP contribution in [-0.4, -0.2) is 47.5 Å². The third-order valence-electron chi connectivity index (χ3n) is 4.83. The Kier molecular flexibility index (Phi) is 4.93. The maximum absolute atomic E-state index is 5.75. The molecule has 1 aromatic rings. The molecule has 3 heterocycles. The Balaban J connectivity index is 1.48. The molecule has 1 saturated heterocycles. The van der Waals surface area contributed by atoms with Crippen molar-refractivity contribution in [2.24, 2.45) is 5.92 Å². The first-order valence-electron chi connectivity index (χ1n) is 8.30. The van der Waals surface area contributed by atoms with Gasteiger partial charge >= 0.3 is 0 Å². The normalized spacial score (nSPS) is 26.8. The molecule has 1 fully saturated rings. The van der Waals surface area contributed by atoms with E-state index in [1.54, 1.807) is 0 Å². The summed E-state index contributed by atoms with van der Waals surface area (Å²) in [6, 6.07) is 0. The molecule has 0 spiro atoms. The number of aromatic nitrogens is 2. The lowest BCUT2D eigenvalue weighted by Gasteiger charge is -2.29. The first-order valence-corrected chi connectivity index (χ1v) is 8.30. The minimum atomic E-state index is 0.475. The van der Waals surface area contributed by atoms with Crippen LogP contribution in [0.3, 0.4) is 0 Å². The summed E-state index contributed by atoms with van der Waals surface area (Å²) >= 11 is 0. The summed E-state index contributed by atoms with van der Waals surface area (Å²) in [5, 5.41) is 8.15. The number of hydrogen-bond acceptors (Lipinski definition) is 4. The number of rotatable bonds is 5. The molecule has 118 valence electrons. The van der Waals surface area contributed by atoms with E-state index in [1.165, 1.54) is 24.1 Å². The van der Waals surface area contributed by atoms with Crippen LogP contribution in [0.1, 0.15) is 37.4 Å². The van der Waals surface area contributed by atoms with Crippen molar-refractivity contribution in [2.75, 3.05) is 26.7 Å². The average Bonchev–Trinajstić information content (AvgIpc) is 2.90. The van der Waals surface area contributed by atoms with Gasteiger partial charge in [0.05, 0.1) is 24.5 Å². The highest BCUT2D eigenvalue weighted by atomic mass is 16.5. The van der Waals surface area contributed by atoms with Crippen molar-refractivity contribution in [3.05, 3.63) is 17.5 Å². The van der Waals surface area contributed by atoms with E-state index in [-0.39, 0.29) is 0 Å². The fourth-order valence-corrected chi connectivity index (χ4v) is 3.41. The standard InChI is InChI=1S/C16H28N4O/c1-3-15-8-13(4-7-21-15)9-17-10-14-11-18-20-6-5-19(2)12-16(14)20/h11,13,15,17H,3-10,12H2,1-2H3. The highest BCUT2D eigenvalue weighted by Crippen LogP contribution is 2.22. The van der Waals surface area contributed by atoms with Gasteiger partial charge < -0.3 is 10.1 Å². The summed E-state index contributed by atoms with van der Waals surface area (Å²) < 4.78 is 7.91. The summed E-state index contributed by atoms with van der Waals surface area (Å²) in [7, 11) is 2.18. The predicted octanol–water partition coefficient (Wildman–Crippen LogP) is 1.62. The largest absolute Gasteiger partial charge is 0.378 e. The summed E-state index contributed by atoms with van der Waals surface area (Å²) in [4.78, 5) is 2.37. The van der Waals surface area contributed by atoms with Gasteiger partial charge in [0.25, 0.3) is 0 Å². The molecule has 0 aromatic carbocycles. The Morgan fingerprint density at radius 1 is 1.43 bits per heavy atom. The number of hydrogen-bond donors (Lipinski definition) is 1. The second-order valence-corrected chi connectivity index (χ2v) is 6.50. The lowest BCUT2D eigenvalue weighted by molar-refractivity contribution is -0.0101. The zero-order valence-corrected chi connectivity index (χ0v) is 13.3. The fourth-order valence-electron chi connectivity index (χ4n) is 3.41. The summed E-state index contributed by atoms with van der Waals surface area (Å²) in [5.74, 6) is 0.762. The summed E-state index contributed by atoms with van der Waals surface area (Å²) in [5.41, 5.74) is 2.75. The molecular formula is C16H28N4O. The van der Waals surface area contributed by atoms with Gasteiger partial charge in [-0.3, -0.25) is 9.58 Å². The second kappa shape index (κ2) is 6.90. The number of likely N-dealkylation sites (N-methyl/N-ethyl adjacent to an activating group) is 1. The molecule has 1 aromatic heterocycles. The third-order valence-corrected chi connectivity index (χ3v) is 4.83. The maximum atomic E-state index is 5.75. The van der Waals surface area contributed by atoms with E-state index in [0.717, 1.165) is 51.7 Å². The maximum Gasteiger partial charge on any atom is 0.0575 e. The van der Waals surface area contributed by atoms with Crippen LogP contribution in [0.15, 0.2) is 6.20 Å². The molecule has 2 unspecified atom stereocenters. The van der Waals surface area contributed by atoms with E-state index in [0.29, 0.717) is 6.10 Å². The van der Waals surface area contributed by atoms with Crippen molar-refractivity contribution >= 4 is 0 Å². The van der Waals surface area contributed by atoms with E-state index < -0.39 is 0 Å². The lowest BCUT2D eigenvalue weighted by Crippen LogP contribution is -2.33. The van der Waals surface area contributed by atoms with Gasteiger partial charge in [0.2, 0.25) is 0 Å². The minimum Gasteiger partial charge on any atom is -0.378 e. The van der Waals surface area contributed by atoms with Gasteiger partial charge in [-0.15, -0.1) is 0 Å². The van der Waals surface area contributed by atoms with E-state index in [1.807, 2.05) is 6.20 Å². The molecule has 5 nitrogen and oxygen atoms in total. The van der Waals surface area contributed by atoms with Crippen LogP contribution < -0.4 is 5.32 Å². The third kappa shape index (κ3) is 3.65. The minimum absolute atomic E-state index is 0.475. The van der Waals surface area contributed by atoms with Gasteiger partial charge in [-0.05, 0) is 38.8 Å². The number of nitrogens with one attached hydrogen (secondary N) is 1. The summed E-state index contributed by atoms with van der Waals surface area (Å²) in [6.07, 6.45) is 6.06. The molecule has 1 N–H and O–H groups in total. The molecule has 0 aliphatic carbocycles. The van der Waals surface area contributed by atoms with Crippen LogP contribution in [0.25, 0.3) is 0 Å². The van der Waals surface area contributed by atoms with Crippen LogP contribution >= 0.6 is 0 Å². The Labute approximate surface area is 127 Å². The topological polar surface area (TPSA) is 42.3 Å². The van der Waals surface area contributed by atoms with E-state index in [9.17, 15) is 0 Å². The van der Waals surface area contributed by atoms with Crippen molar-refractivity contribution in [1.82, 2.24) is 20.0 Å². The van der Waals surface area contributed by atoms with Gasteiger partial charge in [0.15, 0.2) is 0 Å². The first-order chi connectivity index (χ1) is 10.3. The number of fused-ring (bicyclic) bond motifs is 1. The SMILES string of the molecule is CCC1CC(CNCc2cnn3c2CN(C)CC3)CCO1. The molecule has 0 bridgehead atoms. The van der Waals surface area contributed by atoms with Gasteiger partial charge in [0.1, 0.15) is 0 Å². The quantitative estimate of drug-likeness (QED) is 0.895.